The van der Waals surface area contributed by atoms with Crippen LogP contribution in [0.1, 0.15) is 111 Å². The summed E-state index contributed by atoms with van der Waals surface area (Å²) in [7, 11) is 1.54. The van der Waals surface area contributed by atoms with E-state index in [-0.39, 0.29) is 48.7 Å². The van der Waals surface area contributed by atoms with Crippen LogP contribution in [0, 0.1) is 20.8 Å². The van der Waals surface area contributed by atoms with E-state index in [1.54, 1.807) is 24.3 Å². The first-order chi connectivity index (χ1) is 29.4. The molecule has 3 heterocycles. The summed E-state index contributed by atoms with van der Waals surface area (Å²) in [6, 6.07) is 11.9. The van der Waals surface area contributed by atoms with E-state index < -0.39 is 29.8 Å². The van der Waals surface area contributed by atoms with Gasteiger partial charge < -0.3 is 25.0 Å². The van der Waals surface area contributed by atoms with E-state index in [0.717, 1.165) is 38.8 Å². The minimum Gasteiger partial charge on any atom is -0.483 e. The average Bonchev–Trinajstić information content (AvgIpc) is 3.78. The summed E-state index contributed by atoms with van der Waals surface area (Å²) < 4.78 is 13.5. The van der Waals surface area contributed by atoms with Crippen molar-refractivity contribution in [2.45, 2.75) is 85.2 Å². The lowest BCUT2D eigenvalue weighted by molar-refractivity contribution is -0.126. The summed E-state index contributed by atoms with van der Waals surface area (Å²) in [5, 5.41) is 17.9. The molecule has 16 nitrogen and oxygen atoms in total. The number of amides is 5. The maximum absolute atomic E-state index is 13.4. The summed E-state index contributed by atoms with van der Waals surface area (Å²) in [5.41, 5.74) is 5.28. The van der Waals surface area contributed by atoms with Gasteiger partial charge in [-0.25, -0.2) is 0 Å². The second kappa shape index (κ2) is 22.0. The number of aryl methyl sites for hydroxylation is 3. The number of imide groups is 1. The molecule has 61 heavy (non-hydrogen) atoms. The molecule has 324 valence electrons. The molecule has 1 aliphatic heterocycles. The van der Waals surface area contributed by atoms with Crippen molar-refractivity contribution in [2.75, 3.05) is 40.0 Å². The van der Waals surface area contributed by atoms with Gasteiger partial charge in [-0.1, -0.05) is 48.9 Å². The van der Waals surface area contributed by atoms with Crippen LogP contribution in [0.3, 0.4) is 0 Å². The van der Waals surface area contributed by atoms with Crippen molar-refractivity contribution in [1.82, 2.24) is 35.6 Å². The first-order valence-electron chi connectivity index (χ1n) is 20.4. The zero-order valence-corrected chi connectivity index (χ0v) is 36.4. The molecule has 1 aliphatic rings. The number of ether oxygens (including phenoxy) is 2. The van der Waals surface area contributed by atoms with E-state index in [1.165, 1.54) is 29.0 Å². The van der Waals surface area contributed by atoms with Crippen molar-refractivity contribution in [3.05, 3.63) is 92.4 Å². The van der Waals surface area contributed by atoms with Crippen LogP contribution in [0.4, 0.5) is 0 Å². The van der Waals surface area contributed by atoms with Crippen LogP contribution in [-0.2, 0) is 30.3 Å². The maximum atomic E-state index is 13.4. The van der Waals surface area contributed by atoms with Gasteiger partial charge in [0.2, 0.25) is 18.2 Å². The van der Waals surface area contributed by atoms with Crippen molar-refractivity contribution in [3.63, 3.8) is 0 Å². The highest BCUT2D eigenvalue weighted by atomic mass is 32.1. The third-order valence-electron chi connectivity index (χ3n) is 10.5. The van der Waals surface area contributed by atoms with Crippen LogP contribution in [0.15, 0.2) is 47.5 Å². The number of thiophene rings is 1. The standard InChI is InChI=1S/C44H54N8O8S/c1-7-35-49-50-42-33(48-41(31-16-13-27(2)14-17-31)39-29(4)30(5)61-44(39)52(35)42)23-37(56)45-19-9-21-59-22-10-20-46-38(57)25-60-34-12-8-11-32(24-53)40(34)43(58)51(6)28(3)15-18-36(55)47-26-54/h8,11-14,16-17,24,26,28,33H,7,9-10,15,18-23,25H2,1-6H3,(H,45,56)(H,46,57)(H,47,54,55)/t28?,33-/m0/s1. The number of nitrogens with one attached hydrogen (secondary N) is 3. The summed E-state index contributed by atoms with van der Waals surface area (Å²) >= 11 is 1.69. The molecule has 0 spiro atoms. The molecule has 2 aromatic carbocycles. The van der Waals surface area contributed by atoms with Crippen molar-refractivity contribution in [1.29, 1.82) is 0 Å². The van der Waals surface area contributed by atoms with Gasteiger partial charge in [-0.15, -0.1) is 21.5 Å². The minimum atomic E-state index is -0.537. The second-order valence-corrected chi connectivity index (χ2v) is 16.0. The molecule has 0 fully saturated rings. The molecule has 3 N–H and O–H groups in total. The quantitative estimate of drug-likeness (QED) is 0.0745. The van der Waals surface area contributed by atoms with Gasteiger partial charge in [0.1, 0.15) is 22.6 Å². The van der Waals surface area contributed by atoms with Gasteiger partial charge in [0.25, 0.3) is 11.8 Å². The van der Waals surface area contributed by atoms with Crippen LogP contribution >= 0.6 is 11.3 Å². The van der Waals surface area contributed by atoms with Crippen molar-refractivity contribution in [2.24, 2.45) is 4.99 Å². The van der Waals surface area contributed by atoms with Crippen molar-refractivity contribution < 1.29 is 38.2 Å². The Bertz CT molecular complexity index is 2250. The van der Waals surface area contributed by atoms with Gasteiger partial charge in [-0.05, 0) is 58.6 Å². The van der Waals surface area contributed by atoms with Crippen molar-refractivity contribution in [3.8, 4) is 10.8 Å². The molecular weight excluding hydrogens is 801 g/mol. The first kappa shape index (κ1) is 46.0. The number of hydrogen-bond acceptors (Lipinski definition) is 12. The van der Waals surface area contributed by atoms with E-state index in [2.05, 4.69) is 75.8 Å². The number of fused-ring (bicyclic) bond motifs is 3. The highest BCUT2D eigenvalue weighted by molar-refractivity contribution is 7.15. The monoisotopic (exact) mass is 854 g/mol. The molecule has 0 saturated carbocycles. The van der Waals surface area contributed by atoms with Gasteiger partial charge in [0.15, 0.2) is 18.7 Å². The molecule has 2 atom stereocenters. The Morgan fingerprint density at radius 1 is 0.951 bits per heavy atom. The topological polar surface area (TPSA) is 203 Å². The van der Waals surface area contributed by atoms with Crippen molar-refractivity contribution >= 4 is 53.4 Å². The average molecular weight is 855 g/mol. The van der Waals surface area contributed by atoms with Gasteiger partial charge in [0.05, 0.1) is 17.7 Å². The smallest absolute Gasteiger partial charge is 0.258 e. The van der Waals surface area contributed by atoms with E-state index in [4.69, 9.17) is 14.5 Å². The molecule has 0 radical (unpaired) electrons. The second-order valence-electron chi connectivity index (χ2n) is 14.8. The molecule has 5 amide bonds. The Balaban J connectivity index is 1.05. The number of aldehydes is 1. The Labute approximate surface area is 359 Å². The Morgan fingerprint density at radius 3 is 2.33 bits per heavy atom. The Morgan fingerprint density at radius 2 is 1.66 bits per heavy atom. The fourth-order valence-corrected chi connectivity index (χ4v) is 7.97. The minimum absolute atomic E-state index is 0.00377. The third-order valence-corrected chi connectivity index (χ3v) is 11.7. The number of hydrogen-bond donors (Lipinski definition) is 3. The number of rotatable bonds is 22. The van der Waals surface area contributed by atoms with Gasteiger partial charge >= 0.3 is 0 Å². The molecule has 0 aliphatic carbocycles. The van der Waals surface area contributed by atoms with E-state index in [1.807, 2.05) is 6.92 Å². The third kappa shape index (κ3) is 11.6. The summed E-state index contributed by atoms with van der Waals surface area (Å²) in [6.07, 6.45) is 3.05. The SMILES string of the molecule is CCc1nnc2n1-c1sc(C)c(C)c1C(c1ccc(C)cc1)=N[C@H]2CC(=O)NCCCOCCCNC(=O)COc1cccc(C=O)c1C(=O)N(C)C(C)CCC(=O)NC=O. The molecule has 5 rings (SSSR count). The number of carbonyl (C=O) groups excluding carboxylic acids is 6. The largest absolute Gasteiger partial charge is 0.483 e. The number of carbonyl (C=O) groups is 6. The molecule has 1 unspecified atom stereocenters. The summed E-state index contributed by atoms with van der Waals surface area (Å²) in [4.78, 5) is 81.1. The molecular formula is C44H54N8O8S. The zero-order chi connectivity index (χ0) is 44.1. The van der Waals surface area contributed by atoms with Crippen LogP contribution in [0.2, 0.25) is 0 Å². The highest BCUT2D eigenvalue weighted by Crippen LogP contribution is 2.39. The van der Waals surface area contributed by atoms with Gasteiger partial charge in [-0.3, -0.25) is 43.6 Å². The molecule has 0 bridgehead atoms. The molecule has 2 aromatic heterocycles. The van der Waals surface area contributed by atoms with Crippen LogP contribution < -0.4 is 20.7 Å². The fourth-order valence-electron chi connectivity index (χ4n) is 6.78. The first-order valence-corrected chi connectivity index (χ1v) is 21.2. The predicted octanol–water partition coefficient (Wildman–Crippen LogP) is 4.53. The van der Waals surface area contributed by atoms with Gasteiger partial charge in [0, 0.05) is 73.8 Å². The lowest BCUT2D eigenvalue weighted by atomic mass is 9.99. The van der Waals surface area contributed by atoms with E-state index in [0.29, 0.717) is 64.1 Å². The zero-order valence-electron chi connectivity index (χ0n) is 35.5. The van der Waals surface area contributed by atoms with E-state index >= 15 is 0 Å². The molecule has 4 aromatic rings. The number of aliphatic imine (C=N–C) groups is 1. The Hall–Kier alpha value is -6.07. The number of nitrogens with zero attached hydrogens (tertiary/aromatic N) is 5. The summed E-state index contributed by atoms with van der Waals surface area (Å²) in [5.74, 6) is -0.00855. The Kier molecular flexibility index (Phi) is 16.6. The molecule has 0 saturated heterocycles. The van der Waals surface area contributed by atoms with Gasteiger partial charge in [-0.2, -0.15) is 0 Å². The highest BCUT2D eigenvalue weighted by Gasteiger charge is 2.33. The van der Waals surface area contributed by atoms with Crippen LogP contribution in [-0.4, -0.2) is 108 Å². The molecule has 17 heteroatoms. The van der Waals surface area contributed by atoms with Crippen LogP contribution in [0.25, 0.3) is 5.00 Å². The number of benzene rings is 2. The lowest BCUT2D eigenvalue weighted by Crippen LogP contribution is -2.37. The fraction of sp³-hybridized carbons (Fsp3) is 0.432. The van der Waals surface area contributed by atoms with E-state index in [9.17, 15) is 28.8 Å². The predicted molar refractivity (Wildman–Crippen MR) is 231 cm³/mol. The van der Waals surface area contributed by atoms with Crippen LogP contribution in [0.5, 0.6) is 5.75 Å². The maximum Gasteiger partial charge on any atom is 0.258 e. The lowest BCUT2D eigenvalue weighted by Gasteiger charge is -2.26. The number of aromatic nitrogens is 3. The summed E-state index contributed by atoms with van der Waals surface area (Å²) in [6.45, 7) is 11.2. The normalized spacial score (nSPS) is 13.5.